The Morgan fingerprint density at radius 1 is 1.26 bits per heavy atom. The van der Waals surface area contributed by atoms with Crippen molar-refractivity contribution in [3.63, 3.8) is 0 Å². The molecule has 0 unspecified atom stereocenters. The van der Waals surface area contributed by atoms with Crippen LogP contribution in [-0.2, 0) is 11.2 Å². The summed E-state index contributed by atoms with van der Waals surface area (Å²) in [5.41, 5.74) is 4.54. The van der Waals surface area contributed by atoms with E-state index >= 15 is 0 Å². The molecular formula is C14H13N3O2. The number of carbonyl (C=O) groups excluding carboxylic acids is 1. The fourth-order valence-corrected chi connectivity index (χ4v) is 1.93. The molecule has 2 heterocycles. The molecule has 5 nitrogen and oxygen atoms in total. The van der Waals surface area contributed by atoms with Gasteiger partial charge < -0.3 is 4.42 Å². The third-order valence-corrected chi connectivity index (χ3v) is 2.88. The summed E-state index contributed by atoms with van der Waals surface area (Å²) in [4.78, 5) is 16.1. The number of benzene rings is 1. The molecule has 0 fully saturated rings. The quantitative estimate of drug-likeness (QED) is 0.778. The number of aromatic nitrogens is 2. The van der Waals surface area contributed by atoms with Crippen molar-refractivity contribution in [2.75, 3.05) is 5.43 Å². The van der Waals surface area contributed by atoms with Gasteiger partial charge in [0.15, 0.2) is 0 Å². The average molecular weight is 255 g/mol. The van der Waals surface area contributed by atoms with Gasteiger partial charge in [-0.1, -0.05) is 12.1 Å². The Bertz CT molecular complexity index is 686. The zero-order valence-corrected chi connectivity index (χ0v) is 10.2. The van der Waals surface area contributed by atoms with E-state index in [4.69, 9.17) is 4.42 Å². The molecule has 0 aliphatic heterocycles. The van der Waals surface area contributed by atoms with Crippen molar-refractivity contribution in [1.82, 2.24) is 9.66 Å². The highest BCUT2D eigenvalue weighted by atomic mass is 16.3. The van der Waals surface area contributed by atoms with Crippen LogP contribution in [0.4, 0.5) is 0 Å². The number of nitrogens with one attached hydrogen (secondary N) is 1. The lowest BCUT2D eigenvalue weighted by Gasteiger charge is -2.06. The molecule has 0 radical (unpaired) electrons. The maximum Gasteiger partial charge on any atom is 0.239 e. The van der Waals surface area contributed by atoms with Gasteiger partial charge >= 0.3 is 0 Å². The molecule has 2 aromatic heterocycles. The van der Waals surface area contributed by atoms with E-state index in [1.54, 1.807) is 17.3 Å². The molecule has 0 saturated carbocycles. The van der Waals surface area contributed by atoms with Crippen LogP contribution in [0.1, 0.15) is 12.2 Å². The van der Waals surface area contributed by atoms with Crippen molar-refractivity contribution in [1.29, 1.82) is 0 Å². The second-order valence-corrected chi connectivity index (χ2v) is 4.22. The highest BCUT2D eigenvalue weighted by Crippen LogP contribution is 2.10. The summed E-state index contributed by atoms with van der Waals surface area (Å²) in [6, 6.07) is 11.3. The summed E-state index contributed by atoms with van der Waals surface area (Å²) in [7, 11) is 0. The number of para-hydroxylation sites is 2. The molecule has 5 heteroatoms. The highest BCUT2D eigenvalue weighted by molar-refractivity contribution is 5.86. The van der Waals surface area contributed by atoms with Gasteiger partial charge in [-0.05, 0) is 24.3 Å². The van der Waals surface area contributed by atoms with Crippen molar-refractivity contribution in [2.45, 2.75) is 12.8 Å². The van der Waals surface area contributed by atoms with E-state index in [1.807, 2.05) is 36.4 Å². The largest absolute Gasteiger partial charge is 0.469 e. The molecule has 0 spiro atoms. The van der Waals surface area contributed by atoms with E-state index in [9.17, 15) is 4.79 Å². The number of hydrogen-bond donors (Lipinski definition) is 1. The van der Waals surface area contributed by atoms with Gasteiger partial charge in [-0.15, -0.1) is 0 Å². The maximum atomic E-state index is 11.8. The lowest BCUT2D eigenvalue weighted by Crippen LogP contribution is -2.22. The summed E-state index contributed by atoms with van der Waals surface area (Å²) in [5.74, 6) is 0.741. The third kappa shape index (κ3) is 2.49. The Morgan fingerprint density at radius 2 is 2.16 bits per heavy atom. The molecule has 96 valence electrons. The Morgan fingerprint density at radius 3 is 3.00 bits per heavy atom. The molecule has 1 amide bonds. The predicted molar refractivity (Wildman–Crippen MR) is 71.1 cm³/mol. The first kappa shape index (κ1) is 11.5. The van der Waals surface area contributed by atoms with Crippen LogP contribution < -0.4 is 5.43 Å². The Balaban J connectivity index is 1.66. The van der Waals surface area contributed by atoms with Gasteiger partial charge in [-0.25, -0.2) is 9.66 Å². The summed E-state index contributed by atoms with van der Waals surface area (Å²) in [6.45, 7) is 0. The van der Waals surface area contributed by atoms with E-state index < -0.39 is 0 Å². The van der Waals surface area contributed by atoms with E-state index in [2.05, 4.69) is 10.4 Å². The Kier molecular flexibility index (Phi) is 3.02. The van der Waals surface area contributed by atoms with Gasteiger partial charge in [0.1, 0.15) is 12.1 Å². The maximum absolute atomic E-state index is 11.8. The van der Waals surface area contributed by atoms with E-state index in [-0.39, 0.29) is 5.91 Å². The number of furan rings is 1. The molecule has 0 aliphatic rings. The molecule has 3 aromatic rings. The summed E-state index contributed by atoms with van der Waals surface area (Å²) in [5, 5.41) is 0. The first-order valence-electron chi connectivity index (χ1n) is 6.07. The van der Waals surface area contributed by atoms with Crippen molar-refractivity contribution in [3.05, 3.63) is 54.7 Å². The number of aryl methyl sites for hydroxylation is 1. The van der Waals surface area contributed by atoms with Gasteiger partial charge in [0.2, 0.25) is 5.91 Å². The SMILES string of the molecule is O=C(CCc1ccco1)Nn1cnc2ccccc21. The molecule has 1 aromatic carbocycles. The number of fused-ring (bicyclic) bond motifs is 1. The second-order valence-electron chi connectivity index (χ2n) is 4.22. The molecule has 19 heavy (non-hydrogen) atoms. The number of rotatable bonds is 4. The molecule has 3 rings (SSSR count). The van der Waals surface area contributed by atoms with Crippen LogP contribution in [0.3, 0.4) is 0 Å². The van der Waals surface area contributed by atoms with Crippen molar-refractivity contribution in [2.24, 2.45) is 0 Å². The minimum Gasteiger partial charge on any atom is -0.469 e. The van der Waals surface area contributed by atoms with Gasteiger partial charge in [0.25, 0.3) is 0 Å². The van der Waals surface area contributed by atoms with Gasteiger partial charge in [0, 0.05) is 12.8 Å². The van der Waals surface area contributed by atoms with Crippen LogP contribution in [0, 0.1) is 0 Å². The fraction of sp³-hybridized carbons (Fsp3) is 0.143. The number of hydrogen-bond acceptors (Lipinski definition) is 3. The molecule has 0 aliphatic carbocycles. The third-order valence-electron chi connectivity index (χ3n) is 2.88. The fourth-order valence-electron chi connectivity index (χ4n) is 1.93. The smallest absolute Gasteiger partial charge is 0.239 e. The van der Waals surface area contributed by atoms with Crippen LogP contribution in [0.2, 0.25) is 0 Å². The van der Waals surface area contributed by atoms with Crippen LogP contribution in [-0.4, -0.2) is 15.6 Å². The first-order valence-corrected chi connectivity index (χ1v) is 6.07. The number of nitrogens with zero attached hydrogens (tertiary/aromatic N) is 2. The Labute approximate surface area is 109 Å². The highest BCUT2D eigenvalue weighted by Gasteiger charge is 2.07. The number of carbonyl (C=O) groups is 1. The van der Waals surface area contributed by atoms with Gasteiger partial charge in [-0.2, -0.15) is 0 Å². The Hall–Kier alpha value is -2.56. The molecule has 0 saturated heterocycles. The predicted octanol–water partition coefficient (Wildman–Crippen LogP) is 2.33. The summed E-state index contributed by atoms with van der Waals surface area (Å²) >= 11 is 0. The number of imidazole rings is 1. The van der Waals surface area contributed by atoms with E-state index in [0.717, 1.165) is 16.8 Å². The van der Waals surface area contributed by atoms with E-state index in [1.165, 1.54) is 0 Å². The second kappa shape index (κ2) is 4.97. The van der Waals surface area contributed by atoms with E-state index in [0.29, 0.717) is 12.8 Å². The summed E-state index contributed by atoms with van der Waals surface area (Å²) < 4.78 is 6.83. The van der Waals surface area contributed by atoms with Crippen molar-refractivity contribution >= 4 is 16.9 Å². The van der Waals surface area contributed by atoms with Crippen LogP contribution in [0.25, 0.3) is 11.0 Å². The minimum absolute atomic E-state index is 0.0699. The standard InChI is InChI=1S/C14H13N3O2/c18-14(8-7-11-4-3-9-19-11)16-17-10-15-12-5-1-2-6-13(12)17/h1-6,9-10H,7-8H2,(H,16,18). The van der Waals surface area contributed by atoms with Crippen molar-refractivity contribution in [3.8, 4) is 0 Å². The summed E-state index contributed by atoms with van der Waals surface area (Å²) in [6.07, 6.45) is 4.18. The van der Waals surface area contributed by atoms with Crippen LogP contribution >= 0.6 is 0 Å². The molecule has 0 bridgehead atoms. The average Bonchev–Trinajstić information content (AvgIpc) is 3.07. The monoisotopic (exact) mass is 255 g/mol. The normalized spacial score (nSPS) is 10.7. The lowest BCUT2D eigenvalue weighted by atomic mass is 10.2. The van der Waals surface area contributed by atoms with Crippen molar-refractivity contribution < 1.29 is 9.21 Å². The topological polar surface area (TPSA) is 60.1 Å². The zero-order chi connectivity index (χ0) is 13.1. The molecular weight excluding hydrogens is 242 g/mol. The van der Waals surface area contributed by atoms with Gasteiger partial charge in [0.05, 0.1) is 17.3 Å². The minimum atomic E-state index is -0.0699. The lowest BCUT2D eigenvalue weighted by molar-refractivity contribution is -0.117. The number of amides is 1. The zero-order valence-electron chi connectivity index (χ0n) is 10.2. The molecule has 0 atom stereocenters. The first-order chi connectivity index (χ1) is 9.33. The van der Waals surface area contributed by atoms with Crippen LogP contribution in [0.15, 0.2) is 53.4 Å². The molecule has 1 N–H and O–H groups in total. The van der Waals surface area contributed by atoms with Gasteiger partial charge in [-0.3, -0.25) is 10.2 Å². The van der Waals surface area contributed by atoms with Crippen LogP contribution in [0.5, 0.6) is 0 Å².